The lowest BCUT2D eigenvalue weighted by atomic mass is 10.1. The van der Waals surface area contributed by atoms with Crippen molar-refractivity contribution in [3.8, 4) is 5.88 Å². The second kappa shape index (κ2) is 8.54. The molecule has 1 amide bonds. The van der Waals surface area contributed by atoms with Crippen molar-refractivity contribution >= 4 is 28.6 Å². The second-order valence-electron chi connectivity index (χ2n) is 8.72. The van der Waals surface area contributed by atoms with Crippen LogP contribution < -0.4 is 10.1 Å². The maximum atomic E-state index is 14.0. The number of fused-ring (bicyclic) bond motifs is 2. The minimum absolute atomic E-state index is 0.126. The van der Waals surface area contributed by atoms with E-state index >= 15 is 0 Å². The summed E-state index contributed by atoms with van der Waals surface area (Å²) in [5.74, 6) is 0.741. The summed E-state index contributed by atoms with van der Waals surface area (Å²) in [7, 11) is 3.68. The average Bonchev–Trinajstić information content (AvgIpc) is 3.36. The monoisotopic (exact) mass is 454 g/mol. The summed E-state index contributed by atoms with van der Waals surface area (Å²) < 4.78 is 21.2. The van der Waals surface area contributed by atoms with E-state index in [0.29, 0.717) is 36.1 Å². The Labute approximate surface area is 190 Å². The van der Waals surface area contributed by atoms with Crippen LogP contribution >= 0.6 is 0 Å². The van der Waals surface area contributed by atoms with Gasteiger partial charge in [0.2, 0.25) is 17.7 Å². The number of likely N-dealkylation sites (tertiary alicyclic amines) is 1. The maximum Gasteiger partial charge on any atom is 0.237 e. The van der Waals surface area contributed by atoms with Crippen LogP contribution in [-0.4, -0.2) is 79.9 Å². The molecule has 3 aromatic rings. The minimum atomic E-state index is -1.02. The van der Waals surface area contributed by atoms with Crippen molar-refractivity contribution in [2.45, 2.75) is 45.1 Å². The van der Waals surface area contributed by atoms with E-state index in [1.165, 1.54) is 6.92 Å². The summed E-state index contributed by atoms with van der Waals surface area (Å²) >= 11 is 0. The van der Waals surface area contributed by atoms with Gasteiger partial charge in [-0.15, -0.1) is 0 Å². The Balaban J connectivity index is 1.42. The topological polar surface area (TPSA) is 101 Å². The van der Waals surface area contributed by atoms with Crippen molar-refractivity contribution in [3.63, 3.8) is 0 Å². The van der Waals surface area contributed by atoms with Gasteiger partial charge in [0.25, 0.3) is 0 Å². The van der Waals surface area contributed by atoms with Gasteiger partial charge in [-0.05, 0) is 18.7 Å². The van der Waals surface area contributed by atoms with Gasteiger partial charge in [-0.1, -0.05) is 0 Å². The third kappa shape index (κ3) is 4.20. The van der Waals surface area contributed by atoms with Crippen LogP contribution in [-0.2, 0) is 24.3 Å². The number of nitrogens with one attached hydrogen (secondary N) is 1. The van der Waals surface area contributed by atoms with Crippen molar-refractivity contribution in [1.82, 2.24) is 34.5 Å². The summed E-state index contributed by atoms with van der Waals surface area (Å²) in [6.07, 6.45) is 3.52. The number of aromatic nitrogens is 5. The van der Waals surface area contributed by atoms with Gasteiger partial charge >= 0.3 is 0 Å². The standard InChI is InChI=1S/C22H27FN8O2/c1-13(32)30-11-16(23)7-17(30)12-31-20-15(9-25-31)8-24-22(28-20)27-19-6-14-10-29(2)5-4-18(14)26-21(19)33-3/h6,8-9,16-17H,4-5,7,10-12H2,1-3H3,(H,24,27,28)/t16-,17-/m0/s1. The first-order chi connectivity index (χ1) is 15.9. The number of carbonyl (C=O) groups excluding carboxylic acids is 1. The number of alkyl halides is 1. The number of halogens is 1. The zero-order valence-corrected chi connectivity index (χ0v) is 19.0. The van der Waals surface area contributed by atoms with Crippen LogP contribution in [0.1, 0.15) is 24.6 Å². The highest BCUT2D eigenvalue weighted by atomic mass is 19.1. The second-order valence-corrected chi connectivity index (χ2v) is 8.72. The van der Waals surface area contributed by atoms with Gasteiger partial charge in [-0.3, -0.25) is 4.79 Å². The summed E-state index contributed by atoms with van der Waals surface area (Å²) in [6.45, 7) is 3.74. The van der Waals surface area contributed by atoms with Gasteiger partial charge < -0.3 is 19.9 Å². The predicted octanol–water partition coefficient (Wildman–Crippen LogP) is 1.92. The number of amides is 1. The van der Waals surface area contributed by atoms with Crippen LogP contribution in [0.2, 0.25) is 0 Å². The molecule has 11 heteroatoms. The van der Waals surface area contributed by atoms with Gasteiger partial charge in [0, 0.05) is 39.1 Å². The van der Waals surface area contributed by atoms with Crippen molar-refractivity contribution in [3.05, 3.63) is 29.7 Å². The van der Waals surface area contributed by atoms with Crippen molar-refractivity contribution in [2.24, 2.45) is 0 Å². The molecule has 1 N–H and O–H groups in total. The van der Waals surface area contributed by atoms with Crippen molar-refractivity contribution in [2.75, 3.05) is 32.6 Å². The van der Waals surface area contributed by atoms with Gasteiger partial charge in [-0.2, -0.15) is 10.1 Å². The van der Waals surface area contributed by atoms with Crippen molar-refractivity contribution < 1.29 is 13.9 Å². The zero-order valence-electron chi connectivity index (χ0n) is 19.0. The largest absolute Gasteiger partial charge is 0.480 e. The SMILES string of the molecule is COc1nc2c(cc1Nc1ncc3cnn(C[C@@H]4C[C@H](F)CN4C(C)=O)c3n1)CN(C)CC2. The fourth-order valence-corrected chi connectivity index (χ4v) is 4.64. The number of anilines is 2. The van der Waals surface area contributed by atoms with Crippen LogP contribution in [0.3, 0.4) is 0 Å². The van der Waals surface area contributed by atoms with E-state index in [2.05, 4.69) is 37.3 Å². The highest BCUT2D eigenvalue weighted by molar-refractivity contribution is 5.76. The van der Waals surface area contributed by atoms with E-state index in [9.17, 15) is 9.18 Å². The van der Waals surface area contributed by atoms with E-state index in [1.54, 1.807) is 29.1 Å². The summed E-state index contributed by atoms with van der Waals surface area (Å²) in [5, 5.41) is 8.41. The normalized spacial score (nSPS) is 20.8. The van der Waals surface area contributed by atoms with E-state index in [4.69, 9.17) is 4.74 Å². The average molecular weight is 455 g/mol. The number of hydrogen-bond acceptors (Lipinski definition) is 8. The smallest absolute Gasteiger partial charge is 0.237 e. The number of rotatable bonds is 5. The molecule has 1 saturated heterocycles. The maximum absolute atomic E-state index is 14.0. The molecule has 10 nitrogen and oxygen atoms in total. The molecule has 5 heterocycles. The predicted molar refractivity (Wildman–Crippen MR) is 120 cm³/mol. The Kier molecular flexibility index (Phi) is 5.57. The number of methoxy groups -OCH3 is 1. The molecule has 0 aromatic carbocycles. The van der Waals surface area contributed by atoms with Crippen molar-refractivity contribution in [1.29, 1.82) is 0 Å². The van der Waals surface area contributed by atoms with Gasteiger partial charge in [0.05, 0.1) is 43.5 Å². The first kappa shape index (κ1) is 21.5. The number of likely N-dealkylation sites (N-methyl/N-ethyl adjacent to an activating group) is 1. The molecule has 2 atom stereocenters. The Morgan fingerprint density at radius 2 is 2.18 bits per heavy atom. The molecular formula is C22H27FN8O2. The summed E-state index contributed by atoms with van der Waals surface area (Å²) in [5.41, 5.74) is 3.49. The lowest BCUT2D eigenvalue weighted by Crippen LogP contribution is -2.36. The fraction of sp³-hybridized carbons (Fsp3) is 0.500. The molecule has 0 bridgehead atoms. The highest BCUT2D eigenvalue weighted by Crippen LogP contribution is 2.30. The molecule has 1 fully saturated rings. The molecule has 3 aromatic heterocycles. The Bertz CT molecular complexity index is 1200. The highest BCUT2D eigenvalue weighted by Gasteiger charge is 2.34. The molecular weight excluding hydrogens is 427 g/mol. The first-order valence-corrected chi connectivity index (χ1v) is 11.0. The Hall–Kier alpha value is -3.34. The zero-order chi connectivity index (χ0) is 23.1. The molecule has 0 unspecified atom stereocenters. The Morgan fingerprint density at radius 1 is 1.33 bits per heavy atom. The molecule has 2 aliphatic heterocycles. The molecule has 0 spiro atoms. The van der Waals surface area contributed by atoms with E-state index < -0.39 is 6.17 Å². The minimum Gasteiger partial charge on any atom is -0.480 e. The number of ether oxygens (including phenoxy) is 1. The lowest BCUT2D eigenvalue weighted by Gasteiger charge is -2.25. The molecule has 5 rings (SSSR count). The van der Waals surface area contributed by atoms with E-state index in [-0.39, 0.29) is 18.5 Å². The van der Waals surface area contributed by atoms with E-state index in [1.807, 2.05) is 6.07 Å². The molecule has 0 aliphatic carbocycles. The number of hydrogen-bond donors (Lipinski definition) is 1. The summed E-state index contributed by atoms with van der Waals surface area (Å²) in [6, 6.07) is 1.78. The number of carbonyl (C=O) groups is 1. The van der Waals surface area contributed by atoms with Crippen LogP contribution in [0.15, 0.2) is 18.5 Å². The molecule has 0 saturated carbocycles. The quantitative estimate of drug-likeness (QED) is 0.624. The van der Waals surface area contributed by atoms with Crippen LogP contribution in [0.5, 0.6) is 5.88 Å². The Morgan fingerprint density at radius 3 is 2.97 bits per heavy atom. The van der Waals surface area contributed by atoms with Crippen LogP contribution in [0.4, 0.5) is 16.0 Å². The van der Waals surface area contributed by atoms with Gasteiger partial charge in [0.1, 0.15) is 11.9 Å². The number of nitrogens with zero attached hydrogens (tertiary/aromatic N) is 7. The first-order valence-electron chi connectivity index (χ1n) is 11.0. The van der Waals surface area contributed by atoms with Crippen LogP contribution in [0, 0.1) is 0 Å². The number of pyridine rings is 1. The molecule has 0 radical (unpaired) electrons. The lowest BCUT2D eigenvalue weighted by molar-refractivity contribution is -0.130. The third-order valence-electron chi connectivity index (χ3n) is 6.29. The third-order valence-corrected chi connectivity index (χ3v) is 6.29. The fourth-order valence-electron chi connectivity index (χ4n) is 4.64. The summed E-state index contributed by atoms with van der Waals surface area (Å²) in [4.78, 5) is 29.5. The molecule has 33 heavy (non-hydrogen) atoms. The van der Waals surface area contributed by atoms with Gasteiger partial charge in [-0.25, -0.2) is 19.0 Å². The molecule has 2 aliphatic rings. The van der Waals surface area contributed by atoms with Crippen LogP contribution in [0.25, 0.3) is 11.0 Å². The molecule has 174 valence electrons. The van der Waals surface area contributed by atoms with Gasteiger partial charge in [0.15, 0.2) is 5.65 Å². The van der Waals surface area contributed by atoms with E-state index in [0.717, 1.165) is 36.2 Å².